The fourth-order valence-corrected chi connectivity index (χ4v) is 6.11. The van der Waals surface area contributed by atoms with Gasteiger partial charge in [-0.1, -0.05) is 32.4 Å². The molecular formula is C8H20OSi2. The first-order chi connectivity index (χ1) is 5.24. The highest BCUT2D eigenvalue weighted by molar-refractivity contribution is 6.80. The summed E-state index contributed by atoms with van der Waals surface area (Å²) < 4.78 is 5.73. The maximum absolute atomic E-state index is 5.73. The molecule has 0 aromatic heterocycles. The van der Waals surface area contributed by atoms with E-state index in [-0.39, 0.29) is 0 Å². The van der Waals surface area contributed by atoms with Crippen molar-refractivity contribution in [3.63, 3.8) is 0 Å². The predicted molar refractivity (Wildman–Crippen MR) is 57.2 cm³/mol. The van der Waals surface area contributed by atoms with Gasteiger partial charge in [0.2, 0.25) is 8.32 Å². The van der Waals surface area contributed by atoms with Gasteiger partial charge in [0.15, 0.2) is 0 Å². The Morgan fingerprint density at radius 1 is 1.36 bits per heavy atom. The van der Waals surface area contributed by atoms with Crippen molar-refractivity contribution >= 4 is 18.8 Å². The summed E-state index contributed by atoms with van der Waals surface area (Å²) in [6, 6.07) is 2.52. The first kappa shape index (κ1) is 11.1. The zero-order chi connectivity index (χ0) is 8.74. The van der Waals surface area contributed by atoms with Crippen LogP contribution in [-0.2, 0) is 4.12 Å². The quantitative estimate of drug-likeness (QED) is 0.577. The van der Waals surface area contributed by atoms with E-state index in [9.17, 15) is 0 Å². The lowest BCUT2D eigenvalue weighted by Gasteiger charge is -2.25. The second-order valence-corrected chi connectivity index (χ2v) is 8.14. The van der Waals surface area contributed by atoms with E-state index in [0.29, 0.717) is 0 Å². The SMILES string of the molecule is C=C[Si](CCC)(CCC)O[SiH3]. The van der Waals surface area contributed by atoms with Crippen LogP contribution < -0.4 is 0 Å². The number of hydrogen-bond donors (Lipinski definition) is 0. The minimum atomic E-state index is -1.42. The third-order valence-corrected chi connectivity index (χ3v) is 8.81. The van der Waals surface area contributed by atoms with Gasteiger partial charge in [0, 0.05) is 0 Å². The van der Waals surface area contributed by atoms with Gasteiger partial charge in [-0.15, -0.1) is 6.58 Å². The monoisotopic (exact) mass is 188 g/mol. The molecule has 0 amide bonds. The molecule has 1 nitrogen and oxygen atoms in total. The van der Waals surface area contributed by atoms with E-state index >= 15 is 0 Å². The first-order valence-corrected chi connectivity index (χ1v) is 7.65. The maximum atomic E-state index is 5.73. The summed E-state index contributed by atoms with van der Waals surface area (Å²) in [6.07, 6.45) is 2.47. The summed E-state index contributed by atoms with van der Waals surface area (Å²) in [7, 11) is -0.543. The molecule has 0 unspecified atom stereocenters. The van der Waals surface area contributed by atoms with Gasteiger partial charge in [-0.3, -0.25) is 0 Å². The molecule has 0 atom stereocenters. The maximum Gasteiger partial charge on any atom is 0.203 e. The lowest BCUT2D eigenvalue weighted by Crippen LogP contribution is -2.34. The summed E-state index contributed by atoms with van der Waals surface area (Å²) >= 11 is 0. The molecule has 0 aromatic carbocycles. The van der Waals surface area contributed by atoms with Crippen molar-refractivity contribution in [1.82, 2.24) is 0 Å². The zero-order valence-electron chi connectivity index (χ0n) is 8.02. The summed E-state index contributed by atoms with van der Waals surface area (Å²) in [5, 5.41) is 0. The normalized spacial score (nSPS) is 11.8. The average Bonchev–Trinajstić information content (AvgIpc) is 2.04. The van der Waals surface area contributed by atoms with Crippen LogP contribution in [0.4, 0.5) is 0 Å². The van der Waals surface area contributed by atoms with E-state index in [1.54, 1.807) is 0 Å². The van der Waals surface area contributed by atoms with Crippen LogP contribution in [-0.4, -0.2) is 18.8 Å². The van der Waals surface area contributed by atoms with Crippen molar-refractivity contribution in [1.29, 1.82) is 0 Å². The fourth-order valence-electron chi connectivity index (χ4n) is 1.46. The van der Waals surface area contributed by atoms with Crippen molar-refractivity contribution in [3.05, 3.63) is 12.3 Å². The van der Waals surface area contributed by atoms with Crippen molar-refractivity contribution in [3.8, 4) is 0 Å². The Labute approximate surface area is 74.5 Å². The lowest BCUT2D eigenvalue weighted by atomic mass is 10.6. The topological polar surface area (TPSA) is 9.23 Å². The molecule has 0 saturated carbocycles. The highest BCUT2D eigenvalue weighted by atomic mass is 28.4. The largest absolute Gasteiger partial charge is 0.461 e. The van der Waals surface area contributed by atoms with Gasteiger partial charge in [-0.2, -0.15) is 0 Å². The summed E-state index contributed by atoms with van der Waals surface area (Å²) in [5.74, 6) is 0. The smallest absolute Gasteiger partial charge is 0.203 e. The van der Waals surface area contributed by atoms with Crippen molar-refractivity contribution in [2.24, 2.45) is 0 Å². The van der Waals surface area contributed by atoms with Gasteiger partial charge in [-0.25, -0.2) is 0 Å². The predicted octanol–water partition coefficient (Wildman–Crippen LogP) is 1.77. The molecule has 0 aliphatic rings. The number of rotatable bonds is 6. The Balaban J connectivity index is 4.07. The lowest BCUT2D eigenvalue weighted by molar-refractivity contribution is 0.593. The van der Waals surface area contributed by atoms with E-state index in [2.05, 4.69) is 26.1 Å². The highest BCUT2D eigenvalue weighted by Crippen LogP contribution is 2.20. The Morgan fingerprint density at radius 3 is 2.00 bits per heavy atom. The van der Waals surface area contributed by atoms with Gasteiger partial charge in [0.1, 0.15) is 10.5 Å². The van der Waals surface area contributed by atoms with Crippen LogP contribution in [0.1, 0.15) is 26.7 Å². The van der Waals surface area contributed by atoms with E-state index < -0.39 is 8.32 Å². The van der Waals surface area contributed by atoms with Crippen LogP contribution in [0.3, 0.4) is 0 Å². The third-order valence-electron chi connectivity index (χ3n) is 2.12. The van der Waals surface area contributed by atoms with Crippen LogP contribution in [0, 0.1) is 0 Å². The van der Waals surface area contributed by atoms with E-state index in [1.165, 1.54) is 24.9 Å². The summed E-state index contributed by atoms with van der Waals surface area (Å²) in [6.45, 7) is 8.35. The molecule has 0 aliphatic heterocycles. The van der Waals surface area contributed by atoms with Crippen molar-refractivity contribution < 1.29 is 4.12 Å². The van der Waals surface area contributed by atoms with Crippen LogP contribution in [0.2, 0.25) is 12.1 Å². The van der Waals surface area contributed by atoms with E-state index in [4.69, 9.17) is 4.12 Å². The number of hydrogen-bond acceptors (Lipinski definition) is 1. The molecule has 66 valence electrons. The minimum Gasteiger partial charge on any atom is -0.461 e. The standard InChI is InChI=1S/C8H20OSi2/c1-4-7-11(6-3,9-10)8-5-2/h6H,3-5,7-8H2,1-2,10H3. The fraction of sp³-hybridized carbons (Fsp3) is 0.750. The molecule has 0 aromatic rings. The molecule has 0 heterocycles. The molecule has 11 heavy (non-hydrogen) atoms. The van der Waals surface area contributed by atoms with Gasteiger partial charge in [-0.05, 0) is 12.1 Å². The Kier molecular flexibility index (Phi) is 5.81. The Morgan fingerprint density at radius 2 is 1.82 bits per heavy atom. The molecule has 3 heteroatoms. The molecular weight excluding hydrogens is 168 g/mol. The second kappa shape index (κ2) is 5.74. The average molecular weight is 188 g/mol. The van der Waals surface area contributed by atoms with Crippen LogP contribution >= 0.6 is 0 Å². The van der Waals surface area contributed by atoms with Gasteiger partial charge in [0.05, 0.1) is 0 Å². The molecule has 0 aliphatic carbocycles. The van der Waals surface area contributed by atoms with Crippen molar-refractivity contribution in [2.75, 3.05) is 0 Å². The molecule has 0 N–H and O–H groups in total. The molecule has 0 rings (SSSR count). The Bertz CT molecular complexity index is 109. The van der Waals surface area contributed by atoms with Gasteiger partial charge < -0.3 is 4.12 Å². The first-order valence-electron chi connectivity index (χ1n) is 4.43. The van der Waals surface area contributed by atoms with Crippen molar-refractivity contribution in [2.45, 2.75) is 38.8 Å². The molecule has 0 spiro atoms. The van der Waals surface area contributed by atoms with E-state index in [1.807, 2.05) is 0 Å². The van der Waals surface area contributed by atoms with Gasteiger partial charge >= 0.3 is 0 Å². The molecule has 0 fully saturated rings. The summed E-state index contributed by atoms with van der Waals surface area (Å²) in [4.78, 5) is 0. The molecule has 0 radical (unpaired) electrons. The minimum absolute atomic E-state index is 0.875. The molecule has 0 bridgehead atoms. The third kappa shape index (κ3) is 3.36. The van der Waals surface area contributed by atoms with Crippen LogP contribution in [0.25, 0.3) is 0 Å². The Hall–Kier alpha value is 0.134. The molecule has 0 saturated heterocycles. The van der Waals surface area contributed by atoms with Gasteiger partial charge in [0.25, 0.3) is 0 Å². The summed E-state index contributed by atoms with van der Waals surface area (Å²) in [5.41, 5.74) is 2.12. The highest BCUT2D eigenvalue weighted by Gasteiger charge is 2.26. The van der Waals surface area contributed by atoms with Crippen LogP contribution in [0.5, 0.6) is 0 Å². The van der Waals surface area contributed by atoms with E-state index in [0.717, 1.165) is 10.5 Å². The second-order valence-electron chi connectivity index (χ2n) is 2.97. The zero-order valence-corrected chi connectivity index (χ0v) is 11.0. The van der Waals surface area contributed by atoms with Crippen LogP contribution in [0.15, 0.2) is 12.3 Å².